The van der Waals surface area contributed by atoms with E-state index in [-0.39, 0.29) is 11.5 Å². The third-order valence-electron chi connectivity index (χ3n) is 4.20. The van der Waals surface area contributed by atoms with Crippen molar-refractivity contribution in [2.45, 2.75) is 38.1 Å². The van der Waals surface area contributed by atoms with E-state index in [9.17, 15) is 4.39 Å². The molecule has 1 fully saturated rings. The number of hydrogen-bond donors (Lipinski definition) is 1. The molecule has 3 rings (SSSR count). The molecule has 0 aliphatic heterocycles. The number of rotatable bonds is 2. The minimum Gasteiger partial charge on any atom is -0.334 e. The van der Waals surface area contributed by atoms with Gasteiger partial charge in [0, 0.05) is 5.02 Å². The van der Waals surface area contributed by atoms with E-state index < -0.39 is 11.4 Å². The second kappa shape index (κ2) is 5.39. The molecule has 21 heavy (non-hydrogen) atoms. The summed E-state index contributed by atoms with van der Waals surface area (Å²) < 4.78 is 19.1. The summed E-state index contributed by atoms with van der Waals surface area (Å²) in [5.74, 6) is 0.782. The van der Waals surface area contributed by atoms with Gasteiger partial charge in [-0.25, -0.2) is 4.39 Å². The minimum absolute atomic E-state index is 0.141. The van der Waals surface area contributed by atoms with E-state index in [1.807, 2.05) is 0 Å². The molecule has 112 valence electrons. The molecule has 1 heterocycles. The normalized spacial score (nSPS) is 26.0. The molecular formula is C15H17ClFN3O. The van der Waals surface area contributed by atoms with Crippen LogP contribution < -0.4 is 5.73 Å². The van der Waals surface area contributed by atoms with Crippen LogP contribution in [0.1, 0.15) is 38.4 Å². The van der Waals surface area contributed by atoms with Gasteiger partial charge in [-0.3, -0.25) is 0 Å². The van der Waals surface area contributed by atoms with Crippen molar-refractivity contribution in [3.05, 3.63) is 34.9 Å². The fraction of sp³-hybridized carbons (Fsp3) is 0.467. The van der Waals surface area contributed by atoms with Gasteiger partial charge in [0.25, 0.3) is 5.89 Å². The van der Waals surface area contributed by atoms with E-state index in [0.717, 1.165) is 25.7 Å². The van der Waals surface area contributed by atoms with Crippen LogP contribution in [0, 0.1) is 11.7 Å². The monoisotopic (exact) mass is 309 g/mol. The van der Waals surface area contributed by atoms with Crippen LogP contribution in [0.5, 0.6) is 0 Å². The molecule has 1 aliphatic rings. The maximum Gasteiger partial charge on any atom is 0.260 e. The Bertz CT molecular complexity index is 650. The van der Waals surface area contributed by atoms with E-state index in [1.165, 1.54) is 12.1 Å². The summed E-state index contributed by atoms with van der Waals surface area (Å²) in [6, 6.07) is 4.34. The summed E-state index contributed by atoms with van der Waals surface area (Å²) in [6.45, 7) is 2.21. The Morgan fingerprint density at radius 2 is 2.10 bits per heavy atom. The number of benzene rings is 1. The van der Waals surface area contributed by atoms with E-state index in [1.54, 1.807) is 6.07 Å². The fourth-order valence-electron chi connectivity index (χ4n) is 2.70. The molecule has 0 atom stereocenters. The Morgan fingerprint density at radius 3 is 2.76 bits per heavy atom. The first-order chi connectivity index (χ1) is 9.98. The van der Waals surface area contributed by atoms with E-state index in [4.69, 9.17) is 21.9 Å². The van der Waals surface area contributed by atoms with Crippen LogP contribution in [-0.2, 0) is 5.54 Å². The molecule has 1 saturated carbocycles. The highest BCUT2D eigenvalue weighted by Crippen LogP contribution is 2.37. The van der Waals surface area contributed by atoms with E-state index >= 15 is 0 Å². The smallest absolute Gasteiger partial charge is 0.260 e. The number of halogens is 2. The standard InChI is InChI=1S/C15H17ClFN3O/c1-9-4-6-15(18,7-5-9)14-19-13(21-20-14)11-3-2-10(16)8-12(11)17/h2-3,8-9H,4-7,18H2,1H3. The summed E-state index contributed by atoms with van der Waals surface area (Å²) in [4.78, 5) is 4.31. The van der Waals surface area contributed by atoms with Crippen LogP contribution in [0.4, 0.5) is 4.39 Å². The average Bonchev–Trinajstić information content (AvgIpc) is 2.92. The molecule has 2 aromatic rings. The van der Waals surface area contributed by atoms with Crippen molar-refractivity contribution in [1.29, 1.82) is 0 Å². The van der Waals surface area contributed by atoms with Gasteiger partial charge >= 0.3 is 0 Å². The van der Waals surface area contributed by atoms with Gasteiger partial charge in [0.15, 0.2) is 5.82 Å². The molecule has 1 aromatic carbocycles. The predicted molar refractivity (Wildman–Crippen MR) is 78.2 cm³/mol. The van der Waals surface area contributed by atoms with Gasteiger partial charge < -0.3 is 10.3 Å². The topological polar surface area (TPSA) is 64.9 Å². The first-order valence-electron chi connectivity index (χ1n) is 7.06. The molecule has 0 bridgehead atoms. The first kappa shape index (κ1) is 14.5. The summed E-state index contributed by atoms with van der Waals surface area (Å²) in [5.41, 5.74) is 6.07. The minimum atomic E-state index is -0.572. The zero-order chi connectivity index (χ0) is 15.0. The van der Waals surface area contributed by atoms with Gasteiger partial charge in [0.1, 0.15) is 5.82 Å². The number of nitrogens with zero attached hydrogens (tertiary/aromatic N) is 2. The summed E-state index contributed by atoms with van der Waals surface area (Å²) in [5, 5.41) is 4.29. The average molecular weight is 310 g/mol. The lowest BCUT2D eigenvalue weighted by atomic mass is 9.77. The van der Waals surface area contributed by atoms with Gasteiger partial charge in [-0.05, 0) is 49.8 Å². The lowest BCUT2D eigenvalue weighted by Gasteiger charge is -2.33. The van der Waals surface area contributed by atoms with Crippen molar-refractivity contribution >= 4 is 11.6 Å². The van der Waals surface area contributed by atoms with Crippen LogP contribution in [0.3, 0.4) is 0 Å². The molecule has 0 unspecified atom stereocenters. The number of nitrogens with two attached hydrogens (primary N) is 1. The van der Waals surface area contributed by atoms with Crippen LogP contribution >= 0.6 is 11.6 Å². The molecule has 2 N–H and O–H groups in total. The highest BCUT2D eigenvalue weighted by Gasteiger charge is 2.36. The number of aromatic nitrogens is 2. The maximum absolute atomic E-state index is 13.9. The van der Waals surface area contributed by atoms with E-state index in [0.29, 0.717) is 16.8 Å². The molecule has 0 amide bonds. The van der Waals surface area contributed by atoms with Gasteiger partial charge in [-0.15, -0.1) is 0 Å². The lowest BCUT2D eigenvalue weighted by molar-refractivity contribution is 0.230. The quantitative estimate of drug-likeness (QED) is 0.914. The molecular weight excluding hydrogens is 293 g/mol. The molecule has 4 nitrogen and oxygen atoms in total. The molecule has 0 saturated heterocycles. The van der Waals surface area contributed by atoms with Crippen molar-refractivity contribution in [3.63, 3.8) is 0 Å². The van der Waals surface area contributed by atoms with Crippen molar-refractivity contribution in [2.75, 3.05) is 0 Å². The van der Waals surface area contributed by atoms with Crippen molar-refractivity contribution in [2.24, 2.45) is 11.7 Å². The Balaban J connectivity index is 1.89. The first-order valence-corrected chi connectivity index (χ1v) is 7.44. The zero-order valence-corrected chi connectivity index (χ0v) is 12.5. The second-order valence-corrected chi connectivity index (χ2v) is 6.32. The summed E-state index contributed by atoms with van der Waals surface area (Å²) >= 11 is 5.74. The van der Waals surface area contributed by atoms with Crippen molar-refractivity contribution < 1.29 is 8.91 Å². The molecule has 1 aliphatic carbocycles. The van der Waals surface area contributed by atoms with Gasteiger partial charge in [-0.2, -0.15) is 4.98 Å². The molecule has 0 radical (unpaired) electrons. The number of hydrogen-bond acceptors (Lipinski definition) is 4. The lowest BCUT2D eigenvalue weighted by Crippen LogP contribution is -2.41. The Morgan fingerprint density at radius 1 is 1.38 bits per heavy atom. The molecule has 0 spiro atoms. The Labute approximate surface area is 127 Å². The summed E-state index contributed by atoms with van der Waals surface area (Å²) in [6.07, 6.45) is 3.71. The van der Waals surface area contributed by atoms with E-state index in [2.05, 4.69) is 17.1 Å². The van der Waals surface area contributed by atoms with Gasteiger partial charge in [-0.1, -0.05) is 23.7 Å². The van der Waals surface area contributed by atoms with Crippen molar-refractivity contribution in [1.82, 2.24) is 10.1 Å². The summed E-state index contributed by atoms with van der Waals surface area (Å²) in [7, 11) is 0. The molecule has 1 aromatic heterocycles. The van der Waals surface area contributed by atoms with Crippen LogP contribution in [-0.4, -0.2) is 10.1 Å². The SMILES string of the molecule is CC1CCC(N)(c2noc(-c3ccc(Cl)cc3F)n2)CC1. The highest BCUT2D eigenvalue weighted by atomic mass is 35.5. The maximum atomic E-state index is 13.9. The Kier molecular flexibility index (Phi) is 3.71. The van der Waals surface area contributed by atoms with Gasteiger partial charge in [0.2, 0.25) is 0 Å². The fourth-order valence-corrected chi connectivity index (χ4v) is 2.86. The Hall–Kier alpha value is -1.46. The van der Waals surface area contributed by atoms with Crippen LogP contribution in [0.25, 0.3) is 11.5 Å². The van der Waals surface area contributed by atoms with Crippen LogP contribution in [0.15, 0.2) is 22.7 Å². The largest absolute Gasteiger partial charge is 0.334 e. The van der Waals surface area contributed by atoms with Crippen molar-refractivity contribution in [3.8, 4) is 11.5 Å². The third-order valence-corrected chi connectivity index (χ3v) is 4.43. The highest BCUT2D eigenvalue weighted by molar-refractivity contribution is 6.30. The predicted octanol–water partition coefficient (Wildman–Crippen LogP) is 3.89. The zero-order valence-electron chi connectivity index (χ0n) is 11.8. The van der Waals surface area contributed by atoms with Gasteiger partial charge in [0.05, 0.1) is 11.1 Å². The second-order valence-electron chi connectivity index (χ2n) is 5.89. The van der Waals surface area contributed by atoms with Crippen LogP contribution in [0.2, 0.25) is 5.02 Å². The third kappa shape index (κ3) is 2.80. The molecule has 6 heteroatoms.